The molecule has 6 N–H and O–H groups in total. The maximum atomic E-state index is 12.9. The van der Waals surface area contributed by atoms with Crippen LogP contribution in [0.4, 0.5) is 0 Å². The van der Waals surface area contributed by atoms with E-state index in [1.807, 2.05) is 0 Å². The summed E-state index contributed by atoms with van der Waals surface area (Å²) < 4.78 is 16.2. The van der Waals surface area contributed by atoms with E-state index >= 15 is 0 Å². The zero-order chi connectivity index (χ0) is 22.3. The van der Waals surface area contributed by atoms with E-state index in [1.165, 1.54) is 36.6 Å². The van der Waals surface area contributed by atoms with Crippen LogP contribution in [0.25, 0.3) is 22.1 Å². The highest BCUT2D eigenvalue weighted by Crippen LogP contribution is 2.32. The first-order valence-electron chi connectivity index (χ1n) is 9.35. The highest BCUT2D eigenvalue weighted by Gasteiger charge is 2.44. The van der Waals surface area contributed by atoms with Gasteiger partial charge in [-0.05, 0) is 17.7 Å². The van der Waals surface area contributed by atoms with Gasteiger partial charge in [0, 0.05) is 12.1 Å². The Kier molecular flexibility index (Phi) is 5.56. The number of rotatable bonds is 4. The van der Waals surface area contributed by atoms with Gasteiger partial charge in [0.15, 0.2) is 0 Å². The smallest absolute Gasteiger partial charge is 0.229 e. The molecule has 0 saturated carbocycles. The molecular weight excluding hydrogens is 412 g/mol. The van der Waals surface area contributed by atoms with Crippen LogP contribution in [0.3, 0.4) is 0 Å². The Balaban J connectivity index is 1.68. The summed E-state index contributed by atoms with van der Waals surface area (Å²) >= 11 is 0. The average Bonchev–Trinajstić information content (AvgIpc) is 2.75. The molecule has 4 rings (SSSR count). The van der Waals surface area contributed by atoms with Gasteiger partial charge in [-0.2, -0.15) is 0 Å². The molecule has 0 aliphatic carbocycles. The van der Waals surface area contributed by atoms with Crippen LogP contribution in [0.5, 0.6) is 17.2 Å². The van der Waals surface area contributed by atoms with Crippen molar-refractivity contribution in [2.24, 2.45) is 0 Å². The molecule has 1 saturated heterocycles. The van der Waals surface area contributed by atoms with E-state index < -0.39 is 48.5 Å². The van der Waals surface area contributed by atoms with Crippen molar-refractivity contribution in [3.63, 3.8) is 0 Å². The van der Waals surface area contributed by atoms with E-state index in [2.05, 4.69) is 0 Å². The number of aliphatic hydroxyl groups is 4. The Morgan fingerprint density at radius 2 is 1.68 bits per heavy atom. The fraction of sp³-hybridized carbons (Fsp3) is 0.286. The zero-order valence-electron chi connectivity index (χ0n) is 16.0. The summed E-state index contributed by atoms with van der Waals surface area (Å²) in [5.74, 6) is -0.465. The molecule has 1 aliphatic rings. The summed E-state index contributed by atoms with van der Waals surface area (Å²) in [5.41, 5.74) is 0.135. The normalized spacial score (nSPS) is 26.1. The zero-order valence-corrected chi connectivity index (χ0v) is 16.0. The van der Waals surface area contributed by atoms with E-state index in [9.17, 15) is 35.4 Å². The number of benzene rings is 2. The molecule has 0 bridgehead atoms. The Bertz CT molecular complexity index is 1140. The monoisotopic (exact) mass is 432 g/mol. The van der Waals surface area contributed by atoms with Crippen LogP contribution in [-0.2, 0) is 4.74 Å². The molecule has 10 heteroatoms. The van der Waals surface area contributed by atoms with Gasteiger partial charge < -0.3 is 44.5 Å². The SMILES string of the molecule is O=c1c(-c2ccc(O)cc2)coc2cc(OC3O[C@H](CO)[C@H](O)[C@H](O)[C@H]3O)cc(O)c12. The van der Waals surface area contributed by atoms with Crippen molar-refractivity contribution in [2.45, 2.75) is 30.7 Å². The third-order valence-electron chi connectivity index (χ3n) is 5.11. The quantitative estimate of drug-likeness (QED) is 0.331. The lowest BCUT2D eigenvalue weighted by Crippen LogP contribution is -2.60. The average molecular weight is 432 g/mol. The Hall–Kier alpha value is -3.15. The van der Waals surface area contributed by atoms with Gasteiger partial charge in [0.05, 0.1) is 12.2 Å². The number of ether oxygens (including phenoxy) is 2. The van der Waals surface area contributed by atoms with E-state index in [0.29, 0.717) is 5.56 Å². The number of hydrogen-bond donors (Lipinski definition) is 6. The van der Waals surface area contributed by atoms with Crippen LogP contribution in [0.15, 0.2) is 51.9 Å². The topological polar surface area (TPSA) is 170 Å². The second kappa shape index (κ2) is 8.17. The molecule has 0 radical (unpaired) electrons. The molecule has 2 aromatic carbocycles. The van der Waals surface area contributed by atoms with Crippen molar-refractivity contribution in [3.8, 4) is 28.4 Å². The first kappa shape index (κ1) is 21.1. The fourth-order valence-electron chi connectivity index (χ4n) is 3.41. The molecule has 1 fully saturated rings. The number of aliphatic hydroxyl groups excluding tert-OH is 4. The van der Waals surface area contributed by atoms with Crippen LogP contribution in [0, 0.1) is 0 Å². The van der Waals surface area contributed by atoms with Gasteiger partial charge in [0.1, 0.15) is 58.9 Å². The standard InChI is InChI=1S/C21H20O10/c22-7-15-18(26)19(27)20(28)21(31-15)30-11-5-13(24)16-14(6-11)29-8-12(17(16)25)9-1-3-10(23)4-2-9/h1-6,8,15,18-24,26-28H,7H2/t15-,18+,19+,20-,21?/m1/s1. The molecule has 0 spiro atoms. The molecule has 2 heterocycles. The third-order valence-corrected chi connectivity index (χ3v) is 5.11. The molecule has 1 unspecified atom stereocenters. The van der Waals surface area contributed by atoms with Gasteiger partial charge in [-0.25, -0.2) is 0 Å². The summed E-state index contributed by atoms with van der Waals surface area (Å²) in [7, 11) is 0. The lowest BCUT2D eigenvalue weighted by atomic mass is 9.99. The van der Waals surface area contributed by atoms with Crippen LogP contribution in [0.2, 0.25) is 0 Å². The third kappa shape index (κ3) is 3.82. The molecule has 1 aliphatic heterocycles. The molecule has 31 heavy (non-hydrogen) atoms. The summed E-state index contributed by atoms with van der Waals surface area (Å²) in [5, 5.41) is 58.8. The second-order valence-corrected chi connectivity index (χ2v) is 7.16. The number of fused-ring (bicyclic) bond motifs is 1. The summed E-state index contributed by atoms with van der Waals surface area (Å²) in [6, 6.07) is 8.29. The number of phenols is 2. The van der Waals surface area contributed by atoms with Crippen molar-refractivity contribution in [1.29, 1.82) is 0 Å². The fourth-order valence-corrected chi connectivity index (χ4v) is 3.41. The first-order chi connectivity index (χ1) is 14.8. The maximum Gasteiger partial charge on any atom is 0.229 e. The van der Waals surface area contributed by atoms with Crippen LogP contribution >= 0.6 is 0 Å². The van der Waals surface area contributed by atoms with Gasteiger partial charge in [-0.1, -0.05) is 12.1 Å². The van der Waals surface area contributed by atoms with E-state index in [4.69, 9.17) is 13.9 Å². The lowest BCUT2D eigenvalue weighted by molar-refractivity contribution is -0.277. The van der Waals surface area contributed by atoms with Gasteiger partial charge in [0.2, 0.25) is 11.7 Å². The minimum absolute atomic E-state index is 0.00730. The van der Waals surface area contributed by atoms with Crippen molar-refractivity contribution in [2.75, 3.05) is 6.61 Å². The number of phenolic OH excluding ortho intramolecular Hbond substituents is 2. The van der Waals surface area contributed by atoms with Crippen LogP contribution in [0.1, 0.15) is 0 Å². The van der Waals surface area contributed by atoms with E-state index in [1.54, 1.807) is 0 Å². The van der Waals surface area contributed by atoms with Crippen LogP contribution < -0.4 is 10.2 Å². The van der Waals surface area contributed by atoms with Gasteiger partial charge in [-0.15, -0.1) is 0 Å². The van der Waals surface area contributed by atoms with Crippen LogP contribution in [-0.4, -0.2) is 68.0 Å². The predicted octanol–water partition coefficient (Wildman–Crippen LogP) is 0.0499. The highest BCUT2D eigenvalue weighted by atomic mass is 16.7. The second-order valence-electron chi connectivity index (χ2n) is 7.16. The largest absolute Gasteiger partial charge is 0.508 e. The number of aromatic hydroxyl groups is 2. The Labute approximate surface area is 174 Å². The highest BCUT2D eigenvalue weighted by molar-refractivity contribution is 5.88. The maximum absolute atomic E-state index is 12.9. The number of hydrogen-bond acceptors (Lipinski definition) is 10. The molecular formula is C21H20O10. The van der Waals surface area contributed by atoms with Crippen molar-refractivity contribution in [1.82, 2.24) is 0 Å². The Morgan fingerprint density at radius 1 is 0.968 bits per heavy atom. The first-order valence-corrected chi connectivity index (χ1v) is 9.35. The summed E-state index contributed by atoms with van der Waals surface area (Å²) in [4.78, 5) is 12.9. The van der Waals surface area contributed by atoms with E-state index in [-0.39, 0.29) is 28.0 Å². The molecule has 10 nitrogen and oxygen atoms in total. The lowest BCUT2D eigenvalue weighted by Gasteiger charge is -2.39. The van der Waals surface area contributed by atoms with Crippen molar-refractivity contribution in [3.05, 3.63) is 52.9 Å². The van der Waals surface area contributed by atoms with E-state index in [0.717, 1.165) is 6.07 Å². The van der Waals surface area contributed by atoms with Crippen molar-refractivity contribution < 1.29 is 44.5 Å². The molecule has 3 aromatic rings. The van der Waals surface area contributed by atoms with Crippen molar-refractivity contribution >= 4 is 11.0 Å². The molecule has 0 amide bonds. The molecule has 164 valence electrons. The van der Waals surface area contributed by atoms with Gasteiger partial charge in [0.25, 0.3) is 0 Å². The summed E-state index contributed by atoms with van der Waals surface area (Å²) in [6.07, 6.45) is -6.23. The molecule has 5 atom stereocenters. The summed E-state index contributed by atoms with van der Waals surface area (Å²) in [6.45, 7) is -0.622. The van der Waals surface area contributed by atoms with Gasteiger partial charge >= 0.3 is 0 Å². The molecule has 1 aromatic heterocycles. The minimum atomic E-state index is -1.64. The predicted molar refractivity (Wildman–Crippen MR) is 106 cm³/mol. The minimum Gasteiger partial charge on any atom is -0.508 e. The van der Waals surface area contributed by atoms with Gasteiger partial charge in [-0.3, -0.25) is 4.79 Å². The Morgan fingerprint density at radius 3 is 2.35 bits per heavy atom.